The van der Waals surface area contributed by atoms with E-state index in [1.165, 1.54) is 6.07 Å². The van der Waals surface area contributed by atoms with Gasteiger partial charge in [0.2, 0.25) is 10.0 Å². The molecule has 0 aliphatic rings. The van der Waals surface area contributed by atoms with Gasteiger partial charge in [-0.15, -0.1) is 0 Å². The van der Waals surface area contributed by atoms with Gasteiger partial charge in [-0.3, -0.25) is 0 Å². The highest BCUT2D eigenvalue weighted by atomic mass is 32.2. The van der Waals surface area contributed by atoms with Gasteiger partial charge in [0.15, 0.2) is 0 Å². The van der Waals surface area contributed by atoms with Crippen molar-refractivity contribution in [3.8, 4) is 5.75 Å². The molecule has 114 valence electrons. The van der Waals surface area contributed by atoms with Crippen LogP contribution in [0.25, 0.3) is 10.8 Å². The Morgan fingerprint density at radius 2 is 1.76 bits per heavy atom. The predicted molar refractivity (Wildman–Crippen MR) is 84.0 cm³/mol. The molecule has 0 radical (unpaired) electrons. The number of nitrogens with two attached hydrogens (primary N) is 1. The van der Waals surface area contributed by atoms with E-state index in [0.717, 1.165) is 18.4 Å². The second-order valence-corrected chi connectivity index (χ2v) is 6.69. The Morgan fingerprint density at radius 1 is 1.10 bits per heavy atom. The summed E-state index contributed by atoms with van der Waals surface area (Å²) >= 11 is 0. The molecule has 0 fully saturated rings. The third kappa shape index (κ3) is 3.93. The normalized spacial score (nSPS) is 12.0. The van der Waals surface area contributed by atoms with E-state index in [9.17, 15) is 8.42 Å². The van der Waals surface area contributed by atoms with Crippen LogP contribution >= 0.6 is 0 Å². The number of hydrogen-bond donors (Lipinski definition) is 1. The lowest BCUT2D eigenvalue weighted by Gasteiger charge is -2.13. The van der Waals surface area contributed by atoms with Crippen LogP contribution in [-0.2, 0) is 10.0 Å². The lowest BCUT2D eigenvalue weighted by Crippen LogP contribution is -2.16. The molecular formula is C15H20N2O3S. The number of fused-ring (bicyclic) bond motifs is 1. The Labute approximate surface area is 125 Å². The highest BCUT2D eigenvalue weighted by Crippen LogP contribution is 2.30. The van der Waals surface area contributed by atoms with Gasteiger partial charge < -0.3 is 9.64 Å². The molecule has 21 heavy (non-hydrogen) atoms. The van der Waals surface area contributed by atoms with E-state index >= 15 is 0 Å². The summed E-state index contributed by atoms with van der Waals surface area (Å²) in [4.78, 5) is 2.21. The lowest BCUT2D eigenvalue weighted by atomic mass is 10.1. The van der Waals surface area contributed by atoms with Crippen molar-refractivity contribution in [2.45, 2.75) is 11.3 Å². The van der Waals surface area contributed by atoms with Crippen molar-refractivity contribution in [2.24, 2.45) is 5.14 Å². The van der Waals surface area contributed by atoms with Gasteiger partial charge in [0.25, 0.3) is 0 Å². The van der Waals surface area contributed by atoms with E-state index in [1.807, 2.05) is 26.2 Å². The third-order valence-corrected chi connectivity index (χ3v) is 4.13. The first-order valence-electron chi connectivity index (χ1n) is 6.71. The maximum atomic E-state index is 11.6. The number of sulfonamides is 1. The van der Waals surface area contributed by atoms with Crippen molar-refractivity contribution < 1.29 is 13.2 Å². The number of rotatable bonds is 6. The number of nitrogens with zero attached hydrogens (tertiary/aromatic N) is 1. The van der Waals surface area contributed by atoms with Gasteiger partial charge in [-0.05, 0) is 32.6 Å². The Bertz CT molecular complexity index is 727. The maximum Gasteiger partial charge on any atom is 0.238 e. The van der Waals surface area contributed by atoms with Crippen LogP contribution in [0.2, 0.25) is 0 Å². The van der Waals surface area contributed by atoms with E-state index in [1.54, 1.807) is 18.2 Å². The van der Waals surface area contributed by atoms with E-state index in [-0.39, 0.29) is 4.90 Å². The van der Waals surface area contributed by atoms with E-state index in [4.69, 9.17) is 9.88 Å². The number of primary sulfonamides is 1. The van der Waals surface area contributed by atoms with Gasteiger partial charge in [-0.1, -0.05) is 24.3 Å². The molecule has 0 saturated heterocycles. The third-order valence-electron chi connectivity index (χ3n) is 3.16. The molecular weight excluding hydrogens is 288 g/mol. The summed E-state index contributed by atoms with van der Waals surface area (Å²) < 4.78 is 29.0. The van der Waals surface area contributed by atoms with Crippen molar-refractivity contribution in [1.29, 1.82) is 0 Å². The quantitative estimate of drug-likeness (QED) is 0.826. The largest absolute Gasteiger partial charge is 0.493 e. The van der Waals surface area contributed by atoms with Crippen molar-refractivity contribution in [2.75, 3.05) is 27.2 Å². The fourth-order valence-corrected chi connectivity index (χ4v) is 2.92. The van der Waals surface area contributed by atoms with Crippen LogP contribution in [0.3, 0.4) is 0 Å². The first kappa shape index (κ1) is 15.8. The van der Waals surface area contributed by atoms with Crippen molar-refractivity contribution in [3.63, 3.8) is 0 Å². The average molecular weight is 308 g/mol. The number of ether oxygens (including phenoxy) is 1. The minimum Gasteiger partial charge on any atom is -0.493 e. The molecule has 6 heteroatoms. The van der Waals surface area contributed by atoms with Gasteiger partial charge in [-0.2, -0.15) is 0 Å². The summed E-state index contributed by atoms with van der Waals surface area (Å²) in [6.07, 6.45) is 0.901. The van der Waals surface area contributed by atoms with Crippen LogP contribution in [0.15, 0.2) is 41.3 Å². The zero-order chi connectivity index (χ0) is 15.5. The molecule has 5 nitrogen and oxygen atoms in total. The number of hydrogen-bond acceptors (Lipinski definition) is 4. The lowest BCUT2D eigenvalue weighted by molar-refractivity contribution is 0.284. The van der Waals surface area contributed by atoms with Gasteiger partial charge in [-0.25, -0.2) is 13.6 Å². The second kappa shape index (κ2) is 6.43. The van der Waals surface area contributed by atoms with Crippen LogP contribution in [0, 0.1) is 0 Å². The zero-order valence-electron chi connectivity index (χ0n) is 12.2. The average Bonchev–Trinajstić information content (AvgIpc) is 2.42. The molecule has 0 unspecified atom stereocenters. The van der Waals surface area contributed by atoms with Crippen LogP contribution in [-0.4, -0.2) is 40.6 Å². The molecule has 2 N–H and O–H groups in total. The molecule has 0 heterocycles. The smallest absolute Gasteiger partial charge is 0.238 e. The second-order valence-electron chi connectivity index (χ2n) is 5.16. The van der Waals surface area contributed by atoms with Crippen LogP contribution in [0.1, 0.15) is 6.42 Å². The van der Waals surface area contributed by atoms with Gasteiger partial charge in [0, 0.05) is 17.3 Å². The Balaban J connectivity index is 2.31. The molecule has 0 aliphatic heterocycles. The molecule has 0 spiro atoms. The minimum absolute atomic E-state index is 0.124. The van der Waals surface area contributed by atoms with Gasteiger partial charge in [0.1, 0.15) is 5.75 Å². The minimum atomic E-state index is -3.74. The molecule has 0 aromatic heterocycles. The predicted octanol–water partition coefficient (Wildman–Crippen LogP) is 1.82. The summed E-state index contributed by atoms with van der Waals surface area (Å²) in [6.45, 7) is 1.52. The van der Waals surface area contributed by atoms with Crippen LogP contribution < -0.4 is 9.88 Å². The molecule has 0 amide bonds. The van der Waals surface area contributed by atoms with E-state index in [2.05, 4.69) is 4.90 Å². The van der Waals surface area contributed by atoms with Gasteiger partial charge >= 0.3 is 0 Å². The summed E-state index contributed by atoms with van der Waals surface area (Å²) in [5, 5.41) is 6.60. The standard InChI is InChI=1S/C15H20N2O3S/c1-17(2)10-5-11-20-14-8-9-15(21(16,18)19)13-7-4-3-6-12(13)14/h3-4,6-9H,5,10-11H2,1-2H3,(H2,16,18,19). The molecule has 0 atom stereocenters. The van der Waals surface area contributed by atoms with Crippen molar-refractivity contribution in [3.05, 3.63) is 36.4 Å². The molecule has 0 aliphatic carbocycles. The molecule has 2 aromatic rings. The Hall–Kier alpha value is -1.63. The topological polar surface area (TPSA) is 72.6 Å². The maximum absolute atomic E-state index is 11.6. The SMILES string of the molecule is CN(C)CCCOc1ccc(S(N)(=O)=O)c2ccccc12. The summed E-state index contributed by atoms with van der Waals surface area (Å²) in [6, 6.07) is 10.4. The molecule has 0 saturated carbocycles. The Morgan fingerprint density at radius 3 is 2.38 bits per heavy atom. The fourth-order valence-electron chi connectivity index (χ4n) is 2.18. The monoisotopic (exact) mass is 308 g/mol. The van der Waals surface area contributed by atoms with Crippen LogP contribution in [0.4, 0.5) is 0 Å². The van der Waals surface area contributed by atoms with Gasteiger partial charge in [0.05, 0.1) is 11.5 Å². The fraction of sp³-hybridized carbons (Fsp3) is 0.333. The zero-order valence-corrected chi connectivity index (χ0v) is 13.1. The molecule has 2 aromatic carbocycles. The first-order chi connectivity index (χ1) is 9.89. The van der Waals surface area contributed by atoms with Crippen molar-refractivity contribution in [1.82, 2.24) is 4.90 Å². The van der Waals surface area contributed by atoms with E-state index < -0.39 is 10.0 Å². The van der Waals surface area contributed by atoms with Crippen LogP contribution in [0.5, 0.6) is 5.75 Å². The van der Waals surface area contributed by atoms with E-state index in [0.29, 0.717) is 17.7 Å². The van der Waals surface area contributed by atoms with Crippen molar-refractivity contribution >= 4 is 20.8 Å². The molecule has 0 bridgehead atoms. The molecule has 2 rings (SSSR count). The highest BCUT2D eigenvalue weighted by molar-refractivity contribution is 7.89. The first-order valence-corrected chi connectivity index (χ1v) is 8.26. The summed E-state index contributed by atoms with van der Waals surface area (Å²) in [5.41, 5.74) is 0. The highest BCUT2D eigenvalue weighted by Gasteiger charge is 2.14. The number of benzene rings is 2. The Kier molecular flexibility index (Phi) is 4.82. The summed E-state index contributed by atoms with van der Waals surface area (Å²) in [7, 11) is 0.276. The summed E-state index contributed by atoms with van der Waals surface area (Å²) in [5.74, 6) is 0.678.